The maximum Gasteiger partial charge on any atom is 0.451 e. The van der Waals surface area contributed by atoms with Crippen molar-refractivity contribution in [2.24, 2.45) is 0 Å². The van der Waals surface area contributed by atoms with E-state index in [2.05, 4.69) is 15.3 Å². The molecule has 0 fully saturated rings. The molecule has 21 heavy (non-hydrogen) atoms. The zero-order valence-electron chi connectivity index (χ0n) is 11.4. The summed E-state index contributed by atoms with van der Waals surface area (Å²) in [5.41, 5.74) is 2.04. The van der Waals surface area contributed by atoms with Crippen LogP contribution in [0.15, 0.2) is 30.3 Å². The number of aryl methyl sites for hydroxylation is 1. The molecule has 1 aromatic heterocycles. The molecule has 2 aromatic rings. The molecule has 112 valence electrons. The fourth-order valence-electron chi connectivity index (χ4n) is 1.78. The van der Waals surface area contributed by atoms with Gasteiger partial charge in [-0.05, 0) is 19.4 Å². The van der Waals surface area contributed by atoms with E-state index < -0.39 is 12.0 Å². The Morgan fingerprint density at radius 3 is 2.33 bits per heavy atom. The number of hydrogen-bond acceptors (Lipinski definition) is 3. The summed E-state index contributed by atoms with van der Waals surface area (Å²) < 4.78 is 37.9. The highest BCUT2D eigenvalue weighted by atomic mass is 35.5. The van der Waals surface area contributed by atoms with Gasteiger partial charge in [0, 0.05) is 12.1 Å². The molecule has 0 aliphatic rings. The molecule has 3 nitrogen and oxygen atoms in total. The van der Waals surface area contributed by atoms with Crippen LogP contribution in [0.4, 0.5) is 19.0 Å². The van der Waals surface area contributed by atoms with Crippen LogP contribution < -0.4 is 5.32 Å². The van der Waals surface area contributed by atoms with Crippen molar-refractivity contribution in [3.63, 3.8) is 0 Å². The minimum absolute atomic E-state index is 0.0374. The quantitative estimate of drug-likeness (QED) is 0.839. The highest BCUT2D eigenvalue weighted by Gasteiger charge is 2.35. The summed E-state index contributed by atoms with van der Waals surface area (Å²) >= 11 is 5.62. The second-order valence-corrected chi connectivity index (χ2v) is 5.06. The van der Waals surface area contributed by atoms with Gasteiger partial charge in [-0.15, -0.1) is 0 Å². The summed E-state index contributed by atoms with van der Waals surface area (Å²) in [4.78, 5) is 6.64. The molecule has 0 saturated heterocycles. The second-order valence-electron chi connectivity index (χ2n) is 4.67. The lowest BCUT2D eigenvalue weighted by molar-refractivity contribution is -0.144. The molecular weight excluding hydrogens is 303 g/mol. The first-order valence-corrected chi connectivity index (χ1v) is 6.58. The van der Waals surface area contributed by atoms with Gasteiger partial charge in [0.25, 0.3) is 0 Å². The first kappa shape index (κ1) is 15.6. The highest BCUT2D eigenvalue weighted by Crippen LogP contribution is 2.29. The molecule has 0 bridgehead atoms. The van der Waals surface area contributed by atoms with E-state index in [4.69, 9.17) is 11.6 Å². The summed E-state index contributed by atoms with van der Waals surface area (Å²) in [6.45, 7) is 3.79. The molecule has 1 atom stereocenters. The molecule has 0 aliphatic carbocycles. The van der Waals surface area contributed by atoms with Gasteiger partial charge in [0.15, 0.2) is 0 Å². The average Bonchev–Trinajstić information content (AvgIpc) is 2.37. The Hall–Kier alpha value is -1.82. The van der Waals surface area contributed by atoms with Crippen molar-refractivity contribution in [1.82, 2.24) is 9.97 Å². The molecule has 2 rings (SSSR count). The standard InChI is InChI=1S/C14H13ClF3N3/c1-8-3-5-10(6-4-8)9(2)19-12-7-11(15)20-13(21-12)14(16,17)18/h3-7,9H,1-2H3,(H,19,20,21). The van der Waals surface area contributed by atoms with E-state index >= 15 is 0 Å². The van der Waals surface area contributed by atoms with Crippen molar-refractivity contribution in [1.29, 1.82) is 0 Å². The molecule has 1 unspecified atom stereocenters. The first-order valence-electron chi connectivity index (χ1n) is 6.20. The van der Waals surface area contributed by atoms with Gasteiger partial charge in [0.1, 0.15) is 11.0 Å². The van der Waals surface area contributed by atoms with Gasteiger partial charge >= 0.3 is 6.18 Å². The van der Waals surface area contributed by atoms with Gasteiger partial charge in [-0.1, -0.05) is 41.4 Å². The van der Waals surface area contributed by atoms with E-state index in [0.29, 0.717) is 0 Å². The molecule has 0 radical (unpaired) electrons. The van der Waals surface area contributed by atoms with Crippen molar-refractivity contribution in [3.05, 3.63) is 52.4 Å². The van der Waals surface area contributed by atoms with Crippen molar-refractivity contribution in [2.45, 2.75) is 26.1 Å². The second kappa shape index (κ2) is 5.89. The van der Waals surface area contributed by atoms with Crippen LogP contribution >= 0.6 is 11.6 Å². The Morgan fingerprint density at radius 1 is 1.14 bits per heavy atom. The lowest BCUT2D eigenvalue weighted by Gasteiger charge is -2.16. The maximum atomic E-state index is 12.6. The Bertz CT molecular complexity index is 626. The van der Waals surface area contributed by atoms with Gasteiger partial charge in [0.05, 0.1) is 0 Å². The average molecular weight is 316 g/mol. The van der Waals surface area contributed by atoms with Crippen molar-refractivity contribution < 1.29 is 13.2 Å². The van der Waals surface area contributed by atoms with Crippen LogP contribution in [-0.4, -0.2) is 9.97 Å². The predicted octanol–water partition coefficient (Wildman–Crippen LogP) is 4.63. The fraction of sp³-hybridized carbons (Fsp3) is 0.286. The molecular formula is C14H13ClF3N3. The SMILES string of the molecule is Cc1ccc(C(C)Nc2cc(Cl)nc(C(F)(F)F)n2)cc1. The monoisotopic (exact) mass is 315 g/mol. The van der Waals surface area contributed by atoms with E-state index in [1.54, 1.807) is 0 Å². The summed E-state index contributed by atoms with van der Waals surface area (Å²) in [5.74, 6) is -1.22. The van der Waals surface area contributed by atoms with Crippen LogP contribution in [0, 0.1) is 6.92 Å². The Balaban J connectivity index is 2.23. The van der Waals surface area contributed by atoms with Crippen LogP contribution in [0.5, 0.6) is 0 Å². The number of hydrogen-bond donors (Lipinski definition) is 1. The molecule has 7 heteroatoms. The lowest BCUT2D eigenvalue weighted by atomic mass is 10.1. The number of aromatic nitrogens is 2. The highest BCUT2D eigenvalue weighted by molar-refractivity contribution is 6.29. The zero-order chi connectivity index (χ0) is 15.6. The normalized spacial score (nSPS) is 13.0. The Labute approximate surface area is 125 Å². The Kier molecular flexibility index (Phi) is 4.37. The molecule has 1 N–H and O–H groups in total. The molecule has 0 saturated carbocycles. The number of alkyl halides is 3. The number of anilines is 1. The number of benzene rings is 1. The first-order chi connectivity index (χ1) is 9.75. The molecule has 0 aliphatic heterocycles. The largest absolute Gasteiger partial charge is 0.451 e. The minimum Gasteiger partial charge on any atom is -0.363 e. The van der Waals surface area contributed by atoms with E-state index in [1.165, 1.54) is 6.07 Å². The van der Waals surface area contributed by atoms with Crippen LogP contribution in [0.3, 0.4) is 0 Å². The number of rotatable bonds is 3. The summed E-state index contributed by atoms with van der Waals surface area (Å²) in [7, 11) is 0. The van der Waals surface area contributed by atoms with Crippen molar-refractivity contribution >= 4 is 17.4 Å². The summed E-state index contributed by atoms with van der Waals surface area (Å²) in [5, 5.41) is 2.64. The van der Waals surface area contributed by atoms with E-state index in [0.717, 1.165) is 11.1 Å². The Morgan fingerprint density at radius 2 is 1.76 bits per heavy atom. The number of halogens is 4. The third kappa shape index (κ3) is 4.07. The summed E-state index contributed by atoms with van der Waals surface area (Å²) in [6.07, 6.45) is -4.63. The van der Waals surface area contributed by atoms with Crippen molar-refractivity contribution in [3.8, 4) is 0 Å². The van der Waals surface area contributed by atoms with Gasteiger partial charge in [-0.25, -0.2) is 9.97 Å². The third-order valence-corrected chi connectivity index (χ3v) is 3.08. The molecule has 0 spiro atoms. The van der Waals surface area contributed by atoms with Crippen LogP contribution in [0.25, 0.3) is 0 Å². The number of nitrogens with one attached hydrogen (secondary N) is 1. The van der Waals surface area contributed by atoms with Crippen LogP contribution in [-0.2, 0) is 6.18 Å². The maximum absolute atomic E-state index is 12.6. The molecule has 1 aromatic carbocycles. The smallest absolute Gasteiger partial charge is 0.363 e. The topological polar surface area (TPSA) is 37.8 Å². The van der Waals surface area contributed by atoms with Gasteiger partial charge in [0.2, 0.25) is 5.82 Å². The third-order valence-electron chi connectivity index (χ3n) is 2.89. The van der Waals surface area contributed by atoms with E-state index in [9.17, 15) is 13.2 Å². The zero-order valence-corrected chi connectivity index (χ0v) is 12.1. The van der Waals surface area contributed by atoms with Gasteiger partial charge < -0.3 is 5.32 Å². The van der Waals surface area contributed by atoms with Gasteiger partial charge in [-0.3, -0.25) is 0 Å². The number of nitrogens with zero attached hydrogens (tertiary/aromatic N) is 2. The summed E-state index contributed by atoms with van der Waals surface area (Å²) in [6, 6.07) is 8.73. The van der Waals surface area contributed by atoms with Gasteiger partial charge in [-0.2, -0.15) is 13.2 Å². The molecule has 0 amide bonds. The van der Waals surface area contributed by atoms with Crippen LogP contribution in [0.1, 0.15) is 29.9 Å². The predicted molar refractivity (Wildman–Crippen MR) is 75.3 cm³/mol. The minimum atomic E-state index is -4.63. The van der Waals surface area contributed by atoms with E-state index in [-0.39, 0.29) is 17.0 Å². The lowest BCUT2D eigenvalue weighted by Crippen LogP contribution is -2.14. The van der Waals surface area contributed by atoms with E-state index in [1.807, 2.05) is 38.1 Å². The fourth-order valence-corrected chi connectivity index (χ4v) is 1.96. The van der Waals surface area contributed by atoms with Crippen LogP contribution in [0.2, 0.25) is 5.15 Å². The molecule has 1 heterocycles. The van der Waals surface area contributed by atoms with Crippen molar-refractivity contribution in [2.75, 3.05) is 5.32 Å².